The van der Waals surface area contributed by atoms with E-state index < -0.39 is 0 Å². The summed E-state index contributed by atoms with van der Waals surface area (Å²) in [5.41, 5.74) is 0.877. The Kier molecular flexibility index (Phi) is 3.29. The molecular weight excluding hydrogens is 210 g/mol. The van der Waals surface area contributed by atoms with Crippen molar-refractivity contribution < 1.29 is 4.42 Å². The van der Waals surface area contributed by atoms with Gasteiger partial charge in [-0.2, -0.15) is 0 Å². The molecule has 0 fully saturated rings. The highest BCUT2D eigenvalue weighted by Gasteiger charge is 2.05. The first kappa shape index (κ1) is 10.5. The van der Waals surface area contributed by atoms with Crippen LogP contribution in [0.5, 0.6) is 0 Å². The topological polar surface area (TPSA) is 25.2 Å². The maximum absolute atomic E-state index is 6.06. The van der Waals surface area contributed by atoms with Crippen LogP contribution in [0.4, 0.5) is 0 Å². The Labute approximate surface area is 94.2 Å². The van der Waals surface area contributed by atoms with E-state index in [1.165, 1.54) is 0 Å². The molecule has 2 nitrogen and oxygen atoms in total. The first-order valence-corrected chi connectivity index (χ1v) is 5.50. The van der Waals surface area contributed by atoms with Crippen LogP contribution in [0.15, 0.2) is 28.7 Å². The molecule has 0 aliphatic heterocycles. The Hall–Kier alpha value is -0.990. The summed E-state index contributed by atoms with van der Waals surface area (Å²) in [6.07, 6.45) is 2.03. The van der Waals surface area contributed by atoms with Gasteiger partial charge in [0.05, 0.1) is 5.02 Å². The minimum absolute atomic E-state index is 0.760. The van der Waals surface area contributed by atoms with Crippen molar-refractivity contribution in [3.05, 3.63) is 35.0 Å². The van der Waals surface area contributed by atoms with E-state index in [1.54, 1.807) is 0 Å². The Morgan fingerprint density at radius 1 is 1.40 bits per heavy atom. The molecule has 1 heterocycles. The van der Waals surface area contributed by atoms with Crippen molar-refractivity contribution in [2.75, 3.05) is 13.6 Å². The molecule has 0 saturated heterocycles. The molecule has 15 heavy (non-hydrogen) atoms. The molecule has 0 spiro atoms. The number of fused-ring (bicyclic) bond motifs is 1. The highest BCUT2D eigenvalue weighted by Crippen LogP contribution is 2.26. The summed E-state index contributed by atoms with van der Waals surface area (Å²) in [6, 6.07) is 7.78. The number of hydrogen-bond donors (Lipinski definition) is 1. The highest BCUT2D eigenvalue weighted by atomic mass is 35.5. The fourth-order valence-corrected chi connectivity index (χ4v) is 1.86. The van der Waals surface area contributed by atoms with Crippen molar-refractivity contribution in [1.29, 1.82) is 0 Å². The summed E-state index contributed by atoms with van der Waals surface area (Å²) in [7, 11) is 1.95. The van der Waals surface area contributed by atoms with E-state index in [4.69, 9.17) is 16.0 Å². The molecule has 2 aromatic rings. The van der Waals surface area contributed by atoms with Gasteiger partial charge in [-0.3, -0.25) is 0 Å². The minimum atomic E-state index is 0.760. The van der Waals surface area contributed by atoms with Gasteiger partial charge in [0.2, 0.25) is 0 Å². The largest absolute Gasteiger partial charge is 0.461 e. The maximum atomic E-state index is 6.06. The van der Waals surface area contributed by atoms with Gasteiger partial charge < -0.3 is 9.73 Å². The van der Waals surface area contributed by atoms with Crippen LogP contribution >= 0.6 is 11.6 Å². The lowest BCUT2D eigenvalue weighted by atomic mass is 10.2. The molecule has 0 bridgehead atoms. The number of hydrogen-bond acceptors (Lipinski definition) is 2. The van der Waals surface area contributed by atoms with E-state index >= 15 is 0 Å². The summed E-state index contributed by atoms with van der Waals surface area (Å²) >= 11 is 6.06. The number of benzene rings is 1. The molecule has 2 rings (SSSR count). The third-order valence-corrected chi connectivity index (χ3v) is 2.74. The second-order valence-electron chi connectivity index (χ2n) is 3.57. The molecule has 0 atom stereocenters. The molecule has 0 saturated carbocycles. The zero-order valence-corrected chi connectivity index (χ0v) is 9.47. The maximum Gasteiger partial charge on any atom is 0.135 e. The van der Waals surface area contributed by atoms with Gasteiger partial charge in [-0.25, -0.2) is 0 Å². The van der Waals surface area contributed by atoms with Gasteiger partial charge in [-0.05, 0) is 38.2 Å². The average Bonchev–Trinajstić information content (AvgIpc) is 2.63. The molecule has 3 heteroatoms. The van der Waals surface area contributed by atoms with E-state index in [0.29, 0.717) is 0 Å². The Morgan fingerprint density at radius 2 is 2.27 bits per heavy atom. The number of nitrogens with one attached hydrogen (secondary N) is 1. The van der Waals surface area contributed by atoms with Crippen molar-refractivity contribution in [1.82, 2.24) is 5.32 Å². The molecule has 0 aliphatic rings. The van der Waals surface area contributed by atoms with Gasteiger partial charge in [0, 0.05) is 11.8 Å². The smallest absolute Gasteiger partial charge is 0.135 e. The zero-order chi connectivity index (χ0) is 10.7. The van der Waals surface area contributed by atoms with Crippen LogP contribution in [0.25, 0.3) is 11.0 Å². The zero-order valence-electron chi connectivity index (χ0n) is 8.72. The molecule has 80 valence electrons. The number of halogens is 1. The van der Waals surface area contributed by atoms with Crippen molar-refractivity contribution in [2.24, 2.45) is 0 Å². The van der Waals surface area contributed by atoms with Crippen LogP contribution in [0.2, 0.25) is 5.02 Å². The van der Waals surface area contributed by atoms with Crippen LogP contribution in [-0.2, 0) is 6.42 Å². The summed E-state index contributed by atoms with van der Waals surface area (Å²) in [6.45, 7) is 1.00. The van der Waals surface area contributed by atoms with Crippen LogP contribution < -0.4 is 5.32 Å². The van der Waals surface area contributed by atoms with Crippen LogP contribution in [0.3, 0.4) is 0 Å². The standard InChI is InChI=1S/C12H14ClNO/c1-14-7-3-4-9-8-10-11(13)5-2-6-12(10)15-9/h2,5-6,8,14H,3-4,7H2,1H3. The second kappa shape index (κ2) is 4.69. The predicted molar refractivity (Wildman–Crippen MR) is 63.5 cm³/mol. The van der Waals surface area contributed by atoms with E-state index in [2.05, 4.69) is 5.32 Å². The van der Waals surface area contributed by atoms with Crippen LogP contribution in [0, 0.1) is 0 Å². The lowest BCUT2D eigenvalue weighted by molar-refractivity contribution is 0.534. The van der Waals surface area contributed by atoms with Gasteiger partial charge in [-0.15, -0.1) is 0 Å². The molecule has 0 aliphatic carbocycles. The average molecular weight is 224 g/mol. The SMILES string of the molecule is CNCCCc1cc2c(Cl)cccc2o1. The van der Waals surface area contributed by atoms with Gasteiger partial charge in [-0.1, -0.05) is 17.7 Å². The van der Waals surface area contributed by atoms with Crippen molar-refractivity contribution in [3.8, 4) is 0 Å². The van der Waals surface area contributed by atoms with E-state index in [9.17, 15) is 0 Å². The fraction of sp³-hybridized carbons (Fsp3) is 0.333. The molecular formula is C12H14ClNO. The quantitative estimate of drug-likeness (QED) is 0.806. The molecule has 1 aromatic carbocycles. The fourth-order valence-electron chi connectivity index (χ4n) is 1.64. The summed E-state index contributed by atoms with van der Waals surface area (Å²) < 4.78 is 5.68. The Balaban J connectivity index is 2.20. The predicted octanol–water partition coefficient (Wildman–Crippen LogP) is 3.24. The lowest BCUT2D eigenvalue weighted by Crippen LogP contribution is -2.07. The lowest BCUT2D eigenvalue weighted by Gasteiger charge is -1.95. The third-order valence-electron chi connectivity index (χ3n) is 2.41. The highest BCUT2D eigenvalue weighted by molar-refractivity contribution is 6.35. The van der Waals surface area contributed by atoms with E-state index in [-0.39, 0.29) is 0 Å². The van der Waals surface area contributed by atoms with E-state index in [0.717, 1.165) is 41.1 Å². The molecule has 1 aromatic heterocycles. The van der Waals surface area contributed by atoms with Crippen molar-refractivity contribution in [2.45, 2.75) is 12.8 Å². The number of rotatable bonds is 4. The molecule has 1 N–H and O–H groups in total. The summed E-state index contributed by atoms with van der Waals surface area (Å²) in [4.78, 5) is 0. The summed E-state index contributed by atoms with van der Waals surface area (Å²) in [5, 5.41) is 4.89. The summed E-state index contributed by atoms with van der Waals surface area (Å²) in [5.74, 6) is 1.01. The Morgan fingerprint density at radius 3 is 3.00 bits per heavy atom. The van der Waals surface area contributed by atoms with Gasteiger partial charge in [0.15, 0.2) is 0 Å². The third kappa shape index (κ3) is 2.33. The van der Waals surface area contributed by atoms with E-state index in [1.807, 2.05) is 31.3 Å². The molecule has 0 unspecified atom stereocenters. The van der Waals surface area contributed by atoms with Gasteiger partial charge in [0.25, 0.3) is 0 Å². The van der Waals surface area contributed by atoms with Crippen LogP contribution in [-0.4, -0.2) is 13.6 Å². The first-order valence-electron chi connectivity index (χ1n) is 5.13. The van der Waals surface area contributed by atoms with Crippen LogP contribution in [0.1, 0.15) is 12.2 Å². The first-order chi connectivity index (χ1) is 7.31. The second-order valence-corrected chi connectivity index (χ2v) is 3.98. The normalized spacial score (nSPS) is 11.1. The van der Waals surface area contributed by atoms with Crippen molar-refractivity contribution >= 4 is 22.6 Å². The van der Waals surface area contributed by atoms with Crippen molar-refractivity contribution in [3.63, 3.8) is 0 Å². The number of aryl methyl sites for hydroxylation is 1. The number of furan rings is 1. The molecule has 0 radical (unpaired) electrons. The monoisotopic (exact) mass is 223 g/mol. The Bertz CT molecular complexity index is 450. The van der Waals surface area contributed by atoms with Gasteiger partial charge in [0.1, 0.15) is 11.3 Å². The molecule has 0 amide bonds. The minimum Gasteiger partial charge on any atom is -0.461 e. The van der Waals surface area contributed by atoms with Gasteiger partial charge >= 0.3 is 0 Å².